The van der Waals surface area contributed by atoms with Gasteiger partial charge in [-0.1, -0.05) is 60.1 Å². The van der Waals surface area contributed by atoms with Gasteiger partial charge in [-0.05, 0) is 36.6 Å². The molecule has 0 spiro atoms. The van der Waals surface area contributed by atoms with E-state index in [1.165, 1.54) is 24.0 Å². The number of hydrogen-bond acceptors (Lipinski definition) is 2. The van der Waals surface area contributed by atoms with Crippen molar-refractivity contribution in [3.63, 3.8) is 0 Å². The summed E-state index contributed by atoms with van der Waals surface area (Å²) in [5, 5.41) is 4.57. The Bertz CT molecular complexity index is 585. The van der Waals surface area contributed by atoms with E-state index in [-0.39, 0.29) is 0 Å². The van der Waals surface area contributed by atoms with Crippen molar-refractivity contribution in [3.8, 4) is 0 Å². The van der Waals surface area contributed by atoms with Gasteiger partial charge >= 0.3 is 0 Å². The van der Waals surface area contributed by atoms with E-state index in [9.17, 15) is 0 Å². The molecule has 0 radical (unpaired) electrons. The number of nitrogens with zero attached hydrogens (tertiary/aromatic N) is 1. The summed E-state index contributed by atoms with van der Waals surface area (Å²) in [5.41, 5.74) is 2.58. The quantitative estimate of drug-likeness (QED) is 0.894. The normalized spacial score (nSPS) is 19.2. The molecule has 1 aliphatic rings. The summed E-state index contributed by atoms with van der Waals surface area (Å²) < 4.78 is 0. The molecule has 0 aliphatic carbocycles. The van der Waals surface area contributed by atoms with Gasteiger partial charge in [0.15, 0.2) is 0 Å². The average molecular weight is 315 g/mol. The van der Waals surface area contributed by atoms with E-state index in [2.05, 4.69) is 52.7 Å². The molecule has 116 valence electrons. The van der Waals surface area contributed by atoms with Gasteiger partial charge in [-0.15, -0.1) is 0 Å². The average Bonchev–Trinajstić information content (AvgIpc) is 2.57. The van der Waals surface area contributed by atoms with Crippen LogP contribution in [0.4, 0.5) is 0 Å². The minimum atomic E-state index is 0.566. The molecule has 2 aromatic carbocycles. The van der Waals surface area contributed by atoms with Crippen molar-refractivity contribution in [1.82, 2.24) is 10.2 Å². The molecule has 0 saturated carbocycles. The lowest BCUT2D eigenvalue weighted by molar-refractivity contribution is 0.183. The highest BCUT2D eigenvalue weighted by Crippen LogP contribution is 2.19. The zero-order valence-electron chi connectivity index (χ0n) is 12.8. The first kappa shape index (κ1) is 15.5. The molecule has 1 heterocycles. The van der Waals surface area contributed by atoms with Crippen LogP contribution in [0.1, 0.15) is 24.0 Å². The highest BCUT2D eigenvalue weighted by Gasteiger charge is 2.19. The number of halogens is 1. The lowest BCUT2D eigenvalue weighted by Crippen LogP contribution is -2.45. The molecule has 0 bridgehead atoms. The summed E-state index contributed by atoms with van der Waals surface area (Å²) in [4.78, 5) is 2.51. The molecule has 0 amide bonds. The van der Waals surface area contributed by atoms with Gasteiger partial charge in [-0.25, -0.2) is 0 Å². The predicted octanol–water partition coefficient (Wildman–Crippen LogP) is 4.09. The van der Waals surface area contributed by atoms with E-state index in [0.29, 0.717) is 6.04 Å². The Morgan fingerprint density at radius 3 is 2.64 bits per heavy atom. The van der Waals surface area contributed by atoms with Gasteiger partial charge in [-0.2, -0.15) is 0 Å². The van der Waals surface area contributed by atoms with Crippen molar-refractivity contribution < 1.29 is 0 Å². The van der Waals surface area contributed by atoms with E-state index in [1.807, 2.05) is 12.1 Å². The van der Waals surface area contributed by atoms with Gasteiger partial charge in [0.25, 0.3) is 0 Å². The van der Waals surface area contributed by atoms with E-state index in [0.717, 1.165) is 31.2 Å². The summed E-state index contributed by atoms with van der Waals surface area (Å²) in [6.07, 6.45) is 2.50. The molecular formula is C19H23ClN2. The second-order valence-corrected chi connectivity index (χ2v) is 6.44. The standard InChI is InChI=1S/C19H23ClN2/c20-19-11-5-4-9-17(19)14-22-12-6-10-18(15-22)21-13-16-7-2-1-3-8-16/h1-5,7-9,11,18,21H,6,10,12-15H2. The third kappa shape index (κ3) is 4.33. The van der Waals surface area contributed by atoms with Gasteiger partial charge in [0.1, 0.15) is 0 Å². The Kier molecular flexibility index (Phi) is 5.49. The largest absolute Gasteiger partial charge is 0.309 e. The van der Waals surface area contributed by atoms with Crippen LogP contribution in [0.5, 0.6) is 0 Å². The molecule has 1 aliphatic heterocycles. The van der Waals surface area contributed by atoms with Crippen LogP contribution in [0.2, 0.25) is 5.02 Å². The molecule has 2 aromatic rings. The second-order valence-electron chi connectivity index (χ2n) is 6.03. The van der Waals surface area contributed by atoms with Crippen LogP contribution in [-0.2, 0) is 13.1 Å². The molecule has 2 nitrogen and oxygen atoms in total. The fourth-order valence-electron chi connectivity index (χ4n) is 3.09. The first-order valence-corrected chi connectivity index (χ1v) is 8.42. The third-order valence-electron chi connectivity index (χ3n) is 4.29. The summed E-state index contributed by atoms with van der Waals surface area (Å²) in [6.45, 7) is 4.15. The maximum Gasteiger partial charge on any atom is 0.0451 e. The SMILES string of the molecule is Clc1ccccc1CN1CCCC(NCc2ccccc2)C1. The molecule has 1 atom stereocenters. The number of benzene rings is 2. The topological polar surface area (TPSA) is 15.3 Å². The van der Waals surface area contributed by atoms with E-state index in [1.54, 1.807) is 0 Å². The first-order chi connectivity index (χ1) is 10.8. The molecule has 1 fully saturated rings. The number of rotatable bonds is 5. The number of hydrogen-bond donors (Lipinski definition) is 1. The highest BCUT2D eigenvalue weighted by molar-refractivity contribution is 6.31. The van der Waals surface area contributed by atoms with Crippen LogP contribution in [0.3, 0.4) is 0 Å². The van der Waals surface area contributed by atoms with Crippen LogP contribution in [0, 0.1) is 0 Å². The minimum Gasteiger partial charge on any atom is -0.309 e. The number of nitrogens with one attached hydrogen (secondary N) is 1. The molecule has 1 N–H and O–H groups in total. The Morgan fingerprint density at radius 1 is 1.05 bits per heavy atom. The minimum absolute atomic E-state index is 0.566. The first-order valence-electron chi connectivity index (χ1n) is 8.04. The zero-order chi connectivity index (χ0) is 15.2. The van der Waals surface area contributed by atoms with Crippen molar-refractivity contribution >= 4 is 11.6 Å². The van der Waals surface area contributed by atoms with Crippen molar-refractivity contribution in [2.75, 3.05) is 13.1 Å². The second kappa shape index (κ2) is 7.77. The zero-order valence-corrected chi connectivity index (χ0v) is 13.6. The van der Waals surface area contributed by atoms with Gasteiger partial charge in [0.05, 0.1) is 0 Å². The number of piperidine rings is 1. The van der Waals surface area contributed by atoms with Crippen molar-refractivity contribution in [3.05, 3.63) is 70.7 Å². The number of likely N-dealkylation sites (tertiary alicyclic amines) is 1. The summed E-state index contributed by atoms with van der Waals surface area (Å²) in [5.74, 6) is 0. The van der Waals surface area contributed by atoms with E-state index >= 15 is 0 Å². The predicted molar refractivity (Wildman–Crippen MR) is 93.0 cm³/mol. The Morgan fingerprint density at radius 2 is 1.82 bits per heavy atom. The van der Waals surface area contributed by atoms with Crippen LogP contribution in [0.25, 0.3) is 0 Å². The lowest BCUT2D eigenvalue weighted by atomic mass is 10.0. The monoisotopic (exact) mass is 314 g/mol. The van der Waals surface area contributed by atoms with Gasteiger partial charge in [0.2, 0.25) is 0 Å². The molecule has 0 aromatic heterocycles. The summed E-state index contributed by atoms with van der Waals surface area (Å²) in [7, 11) is 0. The van der Waals surface area contributed by atoms with Crippen LogP contribution in [-0.4, -0.2) is 24.0 Å². The Hall–Kier alpha value is -1.35. The maximum absolute atomic E-state index is 6.28. The van der Waals surface area contributed by atoms with Gasteiger partial charge in [-0.3, -0.25) is 4.90 Å². The van der Waals surface area contributed by atoms with Crippen molar-refractivity contribution in [1.29, 1.82) is 0 Å². The van der Waals surface area contributed by atoms with Crippen LogP contribution < -0.4 is 5.32 Å². The van der Waals surface area contributed by atoms with Gasteiger partial charge in [0, 0.05) is 30.7 Å². The maximum atomic E-state index is 6.28. The smallest absolute Gasteiger partial charge is 0.0451 e. The Labute approximate surface area is 138 Å². The molecule has 3 heteroatoms. The summed E-state index contributed by atoms with van der Waals surface area (Å²) in [6, 6.07) is 19.3. The molecular weight excluding hydrogens is 292 g/mol. The van der Waals surface area contributed by atoms with E-state index < -0.39 is 0 Å². The van der Waals surface area contributed by atoms with Crippen LogP contribution >= 0.6 is 11.6 Å². The summed E-state index contributed by atoms with van der Waals surface area (Å²) >= 11 is 6.28. The fraction of sp³-hybridized carbons (Fsp3) is 0.368. The lowest BCUT2D eigenvalue weighted by Gasteiger charge is -2.33. The fourth-order valence-corrected chi connectivity index (χ4v) is 3.29. The molecule has 1 saturated heterocycles. The molecule has 1 unspecified atom stereocenters. The van der Waals surface area contributed by atoms with Crippen molar-refractivity contribution in [2.45, 2.75) is 32.0 Å². The van der Waals surface area contributed by atoms with E-state index in [4.69, 9.17) is 11.6 Å². The van der Waals surface area contributed by atoms with Crippen LogP contribution in [0.15, 0.2) is 54.6 Å². The van der Waals surface area contributed by atoms with Gasteiger partial charge < -0.3 is 5.32 Å². The Balaban J connectivity index is 1.52. The highest BCUT2D eigenvalue weighted by atomic mass is 35.5. The molecule has 22 heavy (non-hydrogen) atoms. The molecule has 3 rings (SSSR count). The third-order valence-corrected chi connectivity index (χ3v) is 4.66. The van der Waals surface area contributed by atoms with Crippen molar-refractivity contribution in [2.24, 2.45) is 0 Å².